The van der Waals surface area contributed by atoms with Gasteiger partial charge in [-0.1, -0.05) is 0 Å². The van der Waals surface area contributed by atoms with Gasteiger partial charge in [-0.2, -0.15) is 0 Å². The predicted octanol–water partition coefficient (Wildman–Crippen LogP) is 2.97. The second kappa shape index (κ2) is 8.52. The van der Waals surface area contributed by atoms with Gasteiger partial charge in [-0.3, -0.25) is 9.59 Å². The highest BCUT2D eigenvalue weighted by atomic mass is 16.5. The van der Waals surface area contributed by atoms with E-state index in [1.165, 1.54) is 14.0 Å². The average molecular weight is 412 g/mol. The predicted molar refractivity (Wildman–Crippen MR) is 109 cm³/mol. The van der Waals surface area contributed by atoms with Crippen LogP contribution in [-0.2, 0) is 14.3 Å². The molecule has 0 unspecified atom stereocenters. The number of aromatic amines is 1. The number of aromatic nitrogens is 1. The molecule has 8 heteroatoms. The maximum Gasteiger partial charge on any atom is 0.339 e. The summed E-state index contributed by atoms with van der Waals surface area (Å²) >= 11 is 0. The summed E-state index contributed by atoms with van der Waals surface area (Å²) in [5.41, 5.74) is 2.47. The Morgan fingerprint density at radius 1 is 1.10 bits per heavy atom. The number of ketones is 1. The molecule has 2 heterocycles. The molecule has 0 bridgehead atoms. The van der Waals surface area contributed by atoms with Crippen LogP contribution < -0.4 is 4.90 Å². The van der Waals surface area contributed by atoms with Crippen molar-refractivity contribution in [3.05, 3.63) is 52.3 Å². The number of carbonyl (C=O) groups excluding carboxylic acids is 4. The summed E-state index contributed by atoms with van der Waals surface area (Å²) in [5.74, 6) is -1.57. The number of H-pyrrole nitrogens is 1. The van der Waals surface area contributed by atoms with Crippen molar-refractivity contribution in [1.29, 1.82) is 0 Å². The SMILES string of the molecule is COC(=O)c1c(C)[nH]c(C(=O)[C@@H](C)OC(=O)c2ccc(N3CCCC3=O)cc2)c1C. The molecule has 1 fully saturated rings. The third kappa shape index (κ3) is 3.98. The monoisotopic (exact) mass is 412 g/mol. The van der Waals surface area contributed by atoms with Crippen molar-refractivity contribution in [2.24, 2.45) is 0 Å². The van der Waals surface area contributed by atoms with Gasteiger partial charge in [-0.05, 0) is 57.0 Å². The van der Waals surface area contributed by atoms with Gasteiger partial charge in [0.25, 0.3) is 0 Å². The summed E-state index contributed by atoms with van der Waals surface area (Å²) < 4.78 is 10.1. The molecule has 0 spiro atoms. The Bertz CT molecular complexity index is 1010. The third-order valence-corrected chi connectivity index (χ3v) is 5.21. The number of amides is 1. The number of aryl methyl sites for hydroxylation is 1. The highest BCUT2D eigenvalue weighted by Crippen LogP contribution is 2.23. The van der Waals surface area contributed by atoms with Crippen LogP contribution in [0.1, 0.15) is 62.2 Å². The molecule has 1 atom stereocenters. The minimum Gasteiger partial charge on any atom is -0.465 e. The zero-order valence-electron chi connectivity index (χ0n) is 17.4. The summed E-state index contributed by atoms with van der Waals surface area (Å²) in [5, 5.41) is 0. The lowest BCUT2D eigenvalue weighted by molar-refractivity contribution is -0.117. The Balaban J connectivity index is 1.70. The van der Waals surface area contributed by atoms with E-state index in [-0.39, 0.29) is 17.2 Å². The molecule has 1 aromatic heterocycles. The topological polar surface area (TPSA) is 106 Å². The molecule has 3 rings (SSSR count). The molecule has 1 amide bonds. The van der Waals surface area contributed by atoms with Crippen molar-refractivity contribution in [1.82, 2.24) is 4.98 Å². The van der Waals surface area contributed by atoms with E-state index in [4.69, 9.17) is 9.47 Å². The molecule has 158 valence electrons. The second-order valence-electron chi connectivity index (χ2n) is 7.22. The minimum atomic E-state index is -1.06. The molecule has 1 aliphatic heterocycles. The molecule has 1 N–H and O–H groups in total. The normalized spacial score (nSPS) is 14.5. The zero-order chi connectivity index (χ0) is 22.0. The number of rotatable bonds is 6. The lowest BCUT2D eigenvalue weighted by Gasteiger charge is -2.16. The Morgan fingerprint density at radius 2 is 1.77 bits per heavy atom. The lowest BCUT2D eigenvalue weighted by Crippen LogP contribution is -2.26. The van der Waals surface area contributed by atoms with Crippen molar-refractivity contribution in [3.63, 3.8) is 0 Å². The number of benzene rings is 1. The molecule has 30 heavy (non-hydrogen) atoms. The average Bonchev–Trinajstić information content (AvgIpc) is 3.29. The van der Waals surface area contributed by atoms with Gasteiger partial charge in [-0.25, -0.2) is 9.59 Å². The number of nitrogens with one attached hydrogen (secondary N) is 1. The summed E-state index contributed by atoms with van der Waals surface area (Å²) in [6.45, 7) is 5.44. The molecule has 1 aromatic carbocycles. The molecule has 0 saturated carbocycles. The molecule has 0 radical (unpaired) electrons. The van der Waals surface area contributed by atoms with E-state index >= 15 is 0 Å². The number of anilines is 1. The fourth-order valence-corrected chi connectivity index (χ4v) is 3.59. The third-order valence-electron chi connectivity index (χ3n) is 5.21. The van der Waals surface area contributed by atoms with Gasteiger partial charge in [-0.15, -0.1) is 0 Å². The van der Waals surface area contributed by atoms with Crippen LogP contribution in [0.4, 0.5) is 5.69 Å². The van der Waals surface area contributed by atoms with Crippen LogP contribution in [0.3, 0.4) is 0 Å². The van der Waals surface area contributed by atoms with Crippen molar-refractivity contribution >= 4 is 29.3 Å². The molecule has 0 aliphatic carbocycles. The molecule has 2 aromatic rings. The van der Waals surface area contributed by atoms with Crippen LogP contribution in [0.25, 0.3) is 0 Å². The molecule has 1 aliphatic rings. The first-order chi connectivity index (χ1) is 14.2. The van der Waals surface area contributed by atoms with E-state index < -0.39 is 23.8 Å². The van der Waals surface area contributed by atoms with Gasteiger partial charge in [0.05, 0.1) is 23.9 Å². The summed E-state index contributed by atoms with van der Waals surface area (Å²) in [6.07, 6.45) is 0.288. The van der Waals surface area contributed by atoms with Gasteiger partial charge in [0.15, 0.2) is 6.10 Å². The van der Waals surface area contributed by atoms with E-state index in [1.807, 2.05) is 0 Å². The number of esters is 2. The fourth-order valence-electron chi connectivity index (χ4n) is 3.59. The molecule has 1 saturated heterocycles. The van der Waals surface area contributed by atoms with Crippen LogP contribution in [0.15, 0.2) is 24.3 Å². The van der Waals surface area contributed by atoms with E-state index in [9.17, 15) is 19.2 Å². The highest BCUT2D eigenvalue weighted by Gasteiger charge is 2.28. The number of carbonyl (C=O) groups is 4. The van der Waals surface area contributed by atoms with Crippen LogP contribution in [0.5, 0.6) is 0 Å². The van der Waals surface area contributed by atoms with Crippen molar-refractivity contribution in [3.8, 4) is 0 Å². The van der Waals surface area contributed by atoms with Crippen LogP contribution in [0.2, 0.25) is 0 Å². The summed E-state index contributed by atoms with van der Waals surface area (Å²) in [4.78, 5) is 53.5. The van der Waals surface area contributed by atoms with Crippen molar-refractivity contribution in [2.75, 3.05) is 18.6 Å². The van der Waals surface area contributed by atoms with Crippen LogP contribution in [0, 0.1) is 13.8 Å². The van der Waals surface area contributed by atoms with E-state index in [2.05, 4.69) is 4.98 Å². The summed E-state index contributed by atoms with van der Waals surface area (Å²) in [7, 11) is 1.27. The number of hydrogen-bond donors (Lipinski definition) is 1. The van der Waals surface area contributed by atoms with E-state index in [0.29, 0.717) is 29.8 Å². The first-order valence-electron chi connectivity index (χ1n) is 9.67. The van der Waals surface area contributed by atoms with Gasteiger partial charge < -0.3 is 19.4 Å². The Labute approximate surface area is 174 Å². The number of hydrogen-bond acceptors (Lipinski definition) is 6. The van der Waals surface area contributed by atoms with Crippen molar-refractivity contribution in [2.45, 2.75) is 39.7 Å². The van der Waals surface area contributed by atoms with Gasteiger partial charge in [0, 0.05) is 24.3 Å². The van der Waals surface area contributed by atoms with Gasteiger partial charge in [0.1, 0.15) is 0 Å². The van der Waals surface area contributed by atoms with Gasteiger partial charge >= 0.3 is 11.9 Å². The fraction of sp³-hybridized carbons (Fsp3) is 0.364. The maximum absolute atomic E-state index is 12.8. The van der Waals surface area contributed by atoms with Crippen LogP contribution in [-0.4, -0.2) is 48.4 Å². The Morgan fingerprint density at radius 3 is 2.33 bits per heavy atom. The van der Waals surface area contributed by atoms with Crippen molar-refractivity contribution < 1.29 is 28.7 Å². The smallest absolute Gasteiger partial charge is 0.339 e. The first-order valence-corrected chi connectivity index (χ1v) is 9.67. The van der Waals surface area contributed by atoms with Gasteiger partial charge in [0.2, 0.25) is 11.7 Å². The highest BCUT2D eigenvalue weighted by molar-refractivity contribution is 6.04. The standard InChI is InChI=1S/C22H24N2O6/c1-12-18(22(28)29-4)13(2)23-19(12)20(26)14(3)30-21(27)15-7-9-16(10-8-15)24-11-5-6-17(24)25/h7-10,14,23H,5-6,11H2,1-4H3/t14-/m1/s1. The van der Waals surface area contributed by atoms with Crippen LogP contribution >= 0.6 is 0 Å². The van der Waals surface area contributed by atoms with E-state index in [0.717, 1.165) is 12.1 Å². The maximum atomic E-state index is 12.8. The molecular formula is C22H24N2O6. The Kier molecular flexibility index (Phi) is 6.05. The first kappa shape index (κ1) is 21.3. The minimum absolute atomic E-state index is 0.0625. The second-order valence-corrected chi connectivity index (χ2v) is 7.22. The quantitative estimate of drug-likeness (QED) is 0.578. The number of Topliss-reactive ketones (excluding diaryl/α,β-unsaturated/α-hetero) is 1. The molecular weight excluding hydrogens is 388 g/mol. The van der Waals surface area contributed by atoms with E-state index in [1.54, 1.807) is 43.0 Å². The lowest BCUT2D eigenvalue weighted by atomic mass is 10.1. The Hall–Kier alpha value is -3.42. The molecule has 8 nitrogen and oxygen atoms in total. The largest absolute Gasteiger partial charge is 0.465 e. The number of methoxy groups -OCH3 is 1. The number of ether oxygens (including phenoxy) is 2. The number of nitrogens with zero attached hydrogens (tertiary/aromatic N) is 1. The zero-order valence-corrected chi connectivity index (χ0v) is 17.4. The summed E-state index contributed by atoms with van der Waals surface area (Å²) in [6, 6.07) is 6.51.